The van der Waals surface area contributed by atoms with E-state index in [1.807, 2.05) is 36.4 Å². The van der Waals surface area contributed by atoms with Crippen LogP contribution in [0, 0.1) is 0 Å². The Balaban J connectivity index is 1.90. The first-order valence-electron chi connectivity index (χ1n) is 8.00. The summed E-state index contributed by atoms with van der Waals surface area (Å²) in [7, 11) is 0. The minimum Gasteiger partial charge on any atom is -0.383 e. The molecule has 2 aliphatic heterocycles. The monoisotopic (exact) mass is 356 g/mol. The zero-order chi connectivity index (χ0) is 17.6. The summed E-state index contributed by atoms with van der Waals surface area (Å²) in [6.45, 7) is 0.535. The van der Waals surface area contributed by atoms with Crippen molar-refractivity contribution in [3.8, 4) is 0 Å². The summed E-state index contributed by atoms with van der Waals surface area (Å²) in [5.74, 6) is 0.229. The highest BCUT2D eigenvalue weighted by Crippen LogP contribution is 2.40. The van der Waals surface area contributed by atoms with Gasteiger partial charge in [-0.3, -0.25) is 9.69 Å². The summed E-state index contributed by atoms with van der Waals surface area (Å²) in [6, 6.07) is 13.0. The van der Waals surface area contributed by atoms with E-state index in [2.05, 4.69) is 10.3 Å². The van der Waals surface area contributed by atoms with Gasteiger partial charge in [-0.15, -0.1) is 0 Å². The van der Waals surface area contributed by atoms with E-state index in [0.717, 1.165) is 16.8 Å². The van der Waals surface area contributed by atoms with Gasteiger partial charge in [0.2, 0.25) is 12.3 Å². The number of benzene rings is 2. The molecule has 4 N–H and O–H groups in total. The number of carbonyl (C=O) groups excluding carboxylic acids is 1. The molecule has 0 saturated carbocycles. The van der Waals surface area contributed by atoms with Gasteiger partial charge in [0.05, 0.1) is 5.69 Å². The molecule has 25 heavy (non-hydrogen) atoms. The Hall–Kier alpha value is -2.57. The first-order valence-corrected chi connectivity index (χ1v) is 8.38. The van der Waals surface area contributed by atoms with Crippen LogP contribution >= 0.6 is 11.6 Å². The van der Waals surface area contributed by atoms with E-state index in [1.165, 1.54) is 0 Å². The fourth-order valence-electron chi connectivity index (χ4n) is 3.46. The van der Waals surface area contributed by atoms with E-state index in [9.17, 15) is 9.90 Å². The van der Waals surface area contributed by atoms with Gasteiger partial charge >= 0.3 is 0 Å². The number of fused-ring (bicyclic) bond motifs is 1. The number of rotatable bonds is 2. The maximum absolute atomic E-state index is 11.6. The summed E-state index contributed by atoms with van der Waals surface area (Å²) in [6.07, 6.45) is -0.752. The molecule has 2 aliphatic rings. The Labute approximate surface area is 149 Å². The lowest BCUT2D eigenvalue weighted by Crippen LogP contribution is -2.38. The van der Waals surface area contributed by atoms with Crippen molar-refractivity contribution in [2.75, 3.05) is 11.4 Å². The Bertz CT molecular complexity index is 869. The molecule has 0 spiro atoms. The number of nitrogens with zero attached hydrogens (tertiary/aromatic N) is 2. The van der Waals surface area contributed by atoms with Gasteiger partial charge in [0.1, 0.15) is 5.84 Å². The lowest BCUT2D eigenvalue weighted by Gasteiger charge is -2.34. The second-order valence-corrected chi connectivity index (χ2v) is 6.60. The molecule has 2 heterocycles. The van der Waals surface area contributed by atoms with Crippen LogP contribution in [0.4, 0.5) is 11.4 Å². The van der Waals surface area contributed by atoms with Crippen LogP contribution in [0.3, 0.4) is 0 Å². The zero-order valence-electron chi connectivity index (χ0n) is 13.3. The van der Waals surface area contributed by atoms with Crippen LogP contribution in [0.5, 0.6) is 0 Å². The fraction of sp³-hybridized carbons (Fsp3) is 0.222. The standard InChI is InChI=1S/C18H17ClN4O2/c19-11-7-13(10-6-15(24)21-9-10)16-14(8-11)23(18(25)22-17(16)20)12-4-2-1-3-5-12/h1-5,7-8,10,18,25H,6,9H2,(H2,20,22)(H,21,24). The number of nitrogens with two attached hydrogens (primary N) is 1. The third kappa shape index (κ3) is 2.73. The Morgan fingerprint density at radius 1 is 1.28 bits per heavy atom. The largest absolute Gasteiger partial charge is 0.383 e. The average molecular weight is 357 g/mol. The summed E-state index contributed by atoms with van der Waals surface area (Å²) in [4.78, 5) is 17.5. The SMILES string of the molecule is NC1=NC(O)N(c2ccccc2)c2cc(Cl)cc(C3CNC(=O)C3)c21. The van der Waals surface area contributed by atoms with Gasteiger partial charge in [0.25, 0.3) is 0 Å². The first-order chi connectivity index (χ1) is 12.0. The predicted octanol–water partition coefficient (Wildman–Crippen LogP) is 2.08. The summed E-state index contributed by atoms with van der Waals surface area (Å²) in [5, 5.41) is 13.8. The Morgan fingerprint density at radius 2 is 2.04 bits per heavy atom. The average Bonchev–Trinajstić information content (AvgIpc) is 3.01. The minimum atomic E-state index is -1.13. The molecule has 7 heteroatoms. The first kappa shape index (κ1) is 15.9. The van der Waals surface area contributed by atoms with Crippen molar-refractivity contribution >= 4 is 34.7 Å². The molecule has 6 nitrogen and oxygen atoms in total. The Morgan fingerprint density at radius 3 is 2.72 bits per heavy atom. The number of hydrogen-bond acceptors (Lipinski definition) is 5. The third-order valence-electron chi connectivity index (χ3n) is 4.57. The summed E-state index contributed by atoms with van der Waals surface area (Å²) >= 11 is 6.35. The molecule has 0 radical (unpaired) electrons. The molecular weight excluding hydrogens is 340 g/mol. The van der Waals surface area contributed by atoms with Crippen LogP contribution < -0.4 is 16.0 Å². The van der Waals surface area contributed by atoms with Crippen molar-refractivity contribution in [1.82, 2.24) is 5.32 Å². The van der Waals surface area contributed by atoms with Crippen molar-refractivity contribution in [2.24, 2.45) is 10.7 Å². The molecule has 1 amide bonds. The smallest absolute Gasteiger partial charge is 0.231 e. The molecule has 1 fully saturated rings. The van der Waals surface area contributed by atoms with Crippen LogP contribution in [-0.4, -0.2) is 29.7 Å². The molecule has 4 rings (SSSR count). The third-order valence-corrected chi connectivity index (χ3v) is 4.78. The number of amides is 1. The highest BCUT2D eigenvalue weighted by molar-refractivity contribution is 6.31. The lowest BCUT2D eigenvalue weighted by atomic mass is 9.90. The van der Waals surface area contributed by atoms with Crippen molar-refractivity contribution in [1.29, 1.82) is 0 Å². The van der Waals surface area contributed by atoms with Crippen molar-refractivity contribution < 1.29 is 9.90 Å². The van der Waals surface area contributed by atoms with E-state index < -0.39 is 6.35 Å². The topological polar surface area (TPSA) is 90.9 Å². The predicted molar refractivity (Wildman–Crippen MR) is 97.1 cm³/mol. The number of aliphatic hydroxyl groups is 1. The van der Waals surface area contributed by atoms with Crippen LogP contribution in [0.1, 0.15) is 23.5 Å². The molecule has 2 aromatic carbocycles. The highest BCUT2D eigenvalue weighted by Gasteiger charge is 2.33. The second kappa shape index (κ2) is 6.06. The molecule has 2 unspecified atom stereocenters. The molecule has 0 bridgehead atoms. The number of anilines is 2. The molecular formula is C18H17ClN4O2. The van der Waals surface area contributed by atoms with E-state index >= 15 is 0 Å². The molecule has 0 aliphatic carbocycles. The molecule has 2 aromatic rings. The van der Waals surface area contributed by atoms with Crippen LogP contribution in [-0.2, 0) is 4.79 Å². The second-order valence-electron chi connectivity index (χ2n) is 6.16. The number of para-hydroxylation sites is 1. The minimum absolute atomic E-state index is 0.00463. The normalized spacial score (nSPS) is 22.4. The number of carbonyl (C=O) groups is 1. The number of hydrogen-bond donors (Lipinski definition) is 3. The molecule has 0 aromatic heterocycles. The maximum Gasteiger partial charge on any atom is 0.231 e. The van der Waals surface area contributed by atoms with Crippen molar-refractivity contribution in [3.05, 3.63) is 58.6 Å². The van der Waals surface area contributed by atoms with E-state index in [0.29, 0.717) is 23.7 Å². The molecule has 2 atom stereocenters. The van der Waals surface area contributed by atoms with Gasteiger partial charge in [-0.1, -0.05) is 29.8 Å². The molecule has 128 valence electrons. The van der Waals surface area contributed by atoms with Gasteiger partial charge in [-0.05, 0) is 29.8 Å². The van der Waals surface area contributed by atoms with E-state index in [4.69, 9.17) is 17.3 Å². The highest BCUT2D eigenvalue weighted by atomic mass is 35.5. The van der Waals surface area contributed by atoms with Gasteiger partial charge in [0, 0.05) is 35.2 Å². The quantitative estimate of drug-likeness (QED) is 0.768. The summed E-state index contributed by atoms with van der Waals surface area (Å²) < 4.78 is 0. The van der Waals surface area contributed by atoms with Gasteiger partial charge in [-0.25, -0.2) is 4.99 Å². The number of amidine groups is 1. The number of nitrogens with one attached hydrogen (secondary N) is 1. The van der Waals surface area contributed by atoms with Gasteiger partial charge in [-0.2, -0.15) is 0 Å². The van der Waals surface area contributed by atoms with Gasteiger partial charge < -0.3 is 16.2 Å². The zero-order valence-corrected chi connectivity index (χ0v) is 14.1. The molecule has 1 saturated heterocycles. The number of halogens is 1. The fourth-order valence-corrected chi connectivity index (χ4v) is 3.68. The number of aliphatic hydroxyl groups excluding tert-OH is 1. The van der Waals surface area contributed by atoms with E-state index in [1.54, 1.807) is 11.0 Å². The van der Waals surface area contributed by atoms with Crippen LogP contribution in [0.25, 0.3) is 0 Å². The Kier molecular flexibility index (Phi) is 3.86. The summed E-state index contributed by atoms with van der Waals surface area (Å²) in [5.41, 5.74) is 9.20. The van der Waals surface area contributed by atoms with Crippen LogP contribution in [0.2, 0.25) is 5.02 Å². The van der Waals surface area contributed by atoms with Crippen molar-refractivity contribution in [2.45, 2.75) is 18.7 Å². The number of aliphatic imine (C=N–C) groups is 1. The van der Waals surface area contributed by atoms with Gasteiger partial charge in [0.15, 0.2) is 0 Å². The van der Waals surface area contributed by atoms with Crippen LogP contribution in [0.15, 0.2) is 47.5 Å². The lowest BCUT2D eigenvalue weighted by molar-refractivity contribution is -0.119. The van der Waals surface area contributed by atoms with Crippen molar-refractivity contribution in [3.63, 3.8) is 0 Å². The maximum atomic E-state index is 11.6. The van der Waals surface area contributed by atoms with E-state index in [-0.39, 0.29) is 17.7 Å².